The van der Waals surface area contributed by atoms with Crippen molar-refractivity contribution in [2.75, 3.05) is 12.4 Å². The number of nitrogens with one attached hydrogen (secondary N) is 1. The maximum absolute atomic E-state index is 14.3. The van der Waals surface area contributed by atoms with Crippen LogP contribution in [0.15, 0.2) is 67.0 Å². The van der Waals surface area contributed by atoms with Crippen molar-refractivity contribution in [3.8, 4) is 11.5 Å². The fourth-order valence-corrected chi connectivity index (χ4v) is 3.02. The lowest BCUT2D eigenvalue weighted by molar-refractivity contribution is 0.285. The third-order valence-corrected chi connectivity index (χ3v) is 4.54. The molecule has 0 bridgehead atoms. The number of anilines is 2. The molecule has 0 radical (unpaired) electrons. The highest BCUT2D eigenvalue weighted by molar-refractivity contribution is 5.93. The van der Waals surface area contributed by atoms with E-state index in [0.717, 1.165) is 11.1 Å². The molecule has 0 fully saturated rings. The van der Waals surface area contributed by atoms with Crippen LogP contribution in [-0.4, -0.2) is 17.1 Å². The van der Waals surface area contributed by atoms with Gasteiger partial charge in [-0.1, -0.05) is 36.4 Å². The number of aryl methyl sites for hydroxylation is 1. The summed E-state index contributed by atoms with van der Waals surface area (Å²) < 4.78 is 25.7. The van der Waals surface area contributed by atoms with Gasteiger partial charge in [0.05, 0.1) is 18.3 Å². The van der Waals surface area contributed by atoms with E-state index in [-0.39, 0.29) is 18.2 Å². The number of nitrogens with zero attached hydrogens (tertiary/aromatic N) is 2. The summed E-state index contributed by atoms with van der Waals surface area (Å²) >= 11 is 0. The van der Waals surface area contributed by atoms with E-state index in [9.17, 15) is 4.39 Å². The van der Waals surface area contributed by atoms with E-state index < -0.39 is 0 Å². The molecule has 0 amide bonds. The van der Waals surface area contributed by atoms with Crippen LogP contribution in [0.4, 0.5) is 15.9 Å². The number of halogens is 2. The summed E-state index contributed by atoms with van der Waals surface area (Å²) in [4.78, 5) is 8.61. The van der Waals surface area contributed by atoms with Crippen molar-refractivity contribution in [2.45, 2.75) is 13.5 Å². The van der Waals surface area contributed by atoms with Crippen molar-refractivity contribution < 1.29 is 13.9 Å². The standard InChI is InChI=1S/C23H20FN3O2.ClH/c1-15-8-9-19(18(24)10-15)27-23-17-11-21(28-2)22(12-20(17)25-14-26-23)29-13-16-6-4-3-5-7-16;/h3-12,14H,13H2,1-2H3,(H,25,26,27);1H. The highest BCUT2D eigenvalue weighted by atomic mass is 35.5. The van der Waals surface area contributed by atoms with Gasteiger partial charge in [-0.3, -0.25) is 0 Å². The van der Waals surface area contributed by atoms with Gasteiger partial charge in [0, 0.05) is 11.5 Å². The Morgan fingerprint density at radius 1 is 0.967 bits per heavy atom. The lowest BCUT2D eigenvalue weighted by Gasteiger charge is -2.14. The van der Waals surface area contributed by atoms with Gasteiger partial charge < -0.3 is 14.8 Å². The molecule has 5 nitrogen and oxygen atoms in total. The van der Waals surface area contributed by atoms with E-state index in [2.05, 4.69) is 15.3 Å². The Labute approximate surface area is 180 Å². The number of aromatic nitrogens is 2. The van der Waals surface area contributed by atoms with E-state index in [1.54, 1.807) is 25.3 Å². The smallest absolute Gasteiger partial charge is 0.163 e. The first-order valence-corrected chi connectivity index (χ1v) is 9.16. The summed E-state index contributed by atoms with van der Waals surface area (Å²) in [5, 5.41) is 3.75. The van der Waals surface area contributed by atoms with Crippen molar-refractivity contribution in [3.63, 3.8) is 0 Å². The average Bonchev–Trinajstić information content (AvgIpc) is 2.74. The fraction of sp³-hybridized carbons (Fsp3) is 0.130. The molecule has 7 heteroatoms. The number of rotatable bonds is 6. The Hall–Kier alpha value is -3.38. The highest BCUT2D eigenvalue weighted by Crippen LogP contribution is 2.35. The molecule has 1 N–H and O–H groups in total. The van der Waals surface area contributed by atoms with Crippen LogP contribution in [0.5, 0.6) is 11.5 Å². The molecule has 0 aliphatic heterocycles. The van der Waals surface area contributed by atoms with Crippen LogP contribution < -0.4 is 14.8 Å². The number of ether oxygens (including phenoxy) is 2. The summed E-state index contributed by atoms with van der Waals surface area (Å²) in [5.41, 5.74) is 2.91. The first kappa shape index (κ1) is 21.3. The minimum Gasteiger partial charge on any atom is -0.493 e. The minimum absolute atomic E-state index is 0. The van der Waals surface area contributed by atoms with Gasteiger partial charge in [-0.05, 0) is 36.2 Å². The van der Waals surface area contributed by atoms with Crippen molar-refractivity contribution >= 4 is 34.8 Å². The zero-order chi connectivity index (χ0) is 20.2. The zero-order valence-corrected chi connectivity index (χ0v) is 17.4. The Balaban J connectivity index is 0.00000256. The highest BCUT2D eigenvalue weighted by Gasteiger charge is 2.13. The van der Waals surface area contributed by atoms with Gasteiger partial charge in [-0.25, -0.2) is 14.4 Å². The van der Waals surface area contributed by atoms with Gasteiger partial charge in [0.15, 0.2) is 11.5 Å². The SMILES string of the molecule is COc1cc2c(Nc3ccc(C)cc3F)ncnc2cc1OCc1ccccc1.Cl. The number of hydrogen-bond donors (Lipinski definition) is 1. The molecule has 30 heavy (non-hydrogen) atoms. The maximum Gasteiger partial charge on any atom is 0.163 e. The molecule has 0 spiro atoms. The van der Waals surface area contributed by atoms with E-state index in [1.807, 2.05) is 43.3 Å². The second-order valence-electron chi connectivity index (χ2n) is 6.63. The van der Waals surface area contributed by atoms with Crippen LogP contribution in [0, 0.1) is 12.7 Å². The predicted octanol–water partition coefficient (Wildman–Crippen LogP) is 5.83. The number of hydrogen-bond acceptors (Lipinski definition) is 5. The van der Waals surface area contributed by atoms with Crippen LogP contribution in [0.3, 0.4) is 0 Å². The van der Waals surface area contributed by atoms with Crippen molar-refractivity contribution in [1.29, 1.82) is 0 Å². The van der Waals surface area contributed by atoms with E-state index in [1.165, 1.54) is 12.4 Å². The molecule has 4 aromatic rings. The first-order valence-electron chi connectivity index (χ1n) is 9.16. The van der Waals surface area contributed by atoms with Gasteiger partial charge in [0.25, 0.3) is 0 Å². The van der Waals surface area contributed by atoms with Crippen LogP contribution >= 0.6 is 12.4 Å². The molecule has 0 aliphatic rings. The fourth-order valence-electron chi connectivity index (χ4n) is 3.02. The Morgan fingerprint density at radius 2 is 1.77 bits per heavy atom. The molecule has 0 atom stereocenters. The predicted molar refractivity (Wildman–Crippen MR) is 119 cm³/mol. The largest absolute Gasteiger partial charge is 0.493 e. The Morgan fingerprint density at radius 3 is 2.50 bits per heavy atom. The molecule has 0 saturated heterocycles. The van der Waals surface area contributed by atoms with E-state index >= 15 is 0 Å². The second kappa shape index (κ2) is 9.41. The summed E-state index contributed by atoms with van der Waals surface area (Å²) in [6.07, 6.45) is 1.43. The second-order valence-corrected chi connectivity index (χ2v) is 6.63. The van der Waals surface area contributed by atoms with Gasteiger partial charge >= 0.3 is 0 Å². The van der Waals surface area contributed by atoms with Crippen molar-refractivity contribution in [1.82, 2.24) is 9.97 Å². The molecular weight excluding hydrogens is 405 g/mol. The molecule has 154 valence electrons. The van der Waals surface area contributed by atoms with E-state index in [4.69, 9.17) is 9.47 Å². The number of methoxy groups -OCH3 is 1. The molecule has 0 unspecified atom stereocenters. The Kier molecular flexibility index (Phi) is 6.69. The normalized spacial score (nSPS) is 10.4. The summed E-state index contributed by atoms with van der Waals surface area (Å²) in [6.45, 7) is 2.25. The van der Waals surface area contributed by atoms with Gasteiger partial charge in [0.2, 0.25) is 0 Å². The van der Waals surface area contributed by atoms with Gasteiger partial charge in [-0.15, -0.1) is 12.4 Å². The molecule has 4 rings (SSSR count). The van der Waals surface area contributed by atoms with Gasteiger partial charge in [0.1, 0.15) is 24.6 Å². The summed E-state index contributed by atoms with van der Waals surface area (Å²) in [6, 6.07) is 18.5. The minimum atomic E-state index is -0.341. The first-order chi connectivity index (χ1) is 14.1. The maximum atomic E-state index is 14.3. The molecule has 1 heterocycles. The molecular formula is C23H21ClFN3O2. The molecule has 0 aliphatic carbocycles. The zero-order valence-electron chi connectivity index (χ0n) is 16.6. The van der Waals surface area contributed by atoms with Crippen LogP contribution in [0.2, 0.25) is 0 Å². The summed E-state index contributed by atoms with van der Waals surface area (Å²) in [7, 11) is 1.58. The average molecular weight is 426 g/mol. The van der Waals surface area contributed by atoms with Crippen LogP contribution in [0.1, 0.15) is 11.1 Å². The lowest BCUT2D eigenvalue weighted by atomic mass is 10.2. The molecule has 1 aromatic heterocycles. The Bertz CT molecular complexity index is 1160. The third-order valence-electron chi connectivity index (χ3n) is 4.54. The summed E-state index contributed by atoms with van der Waals surface area (Å²) in [5.74, 6) is 1.28. The topological polar surface area (TPSA) is 56.3 Å². The number of benzene rings is 3. The van der Waals surface area contributed by atoms with Crippen LogP contribution in [0.25, 0.3) is 10.9 Å². The van der Waals surface area contributed by atoms with Gasteiger partial charge in [-0.2, -0.15) is 0 Å². The number of fused-ring (bicyclic) bond motifs is 1. The molecule has 3 aromatic carbocycles. The lowest BCUT2D eigenvalue weighted by Crippen LogP contribution is -2.01. The molecule has 0 saturated carbocycles. The van der Waals surface area contributed by atoms with Crippen molar-refractivity contribution in [3.05, 3.63) is 83.9 Å². The third kappa shape index (κ3) is 4.60. The monoisotopic (exact) mass is 425 g/mol. The van der Waals surface area contributed by atoms with Crippen LogP contribution in [-0.2, 0) is 6.61 Å². The van der Waals surface area contributed by atoms with Crippen molar-refractivity contribution in [2.24, 2.45) is 0 Å². The quantitative estimate of drug-likeness (QED) is 0.421. The van der Waals surface area contributed by atoms with E-state index in [0.29, 0.717) is 40.5 Å².